The molecule has 3 aromatic rings. The summed E-state index contributed by atoms with van der Waals surface area (Å²) in [6.07, 6.45) is 2.45. The molecule has 0 aliphatic carbocycles. The van der Waals surface area contributed by atoms with Crippen molar-refractivity contribution in [2.24, 2.45) is 4.99 Å². The zero-order chi connectivity index (χ0) is 20.7. The number of nitrogens with one attached hydrogen (secondary N) is 1. The number of aromatic hydroxyl groups is 1. The van der Waals surface area contributed by atoms with Crippen LogP contribution in [0, 0.1) is 6.92 Å². The van der Waals surface area contributed by atoms with Crippen LogP contribution in [-0.4, -0.2) is 20.4 Å². The molecule has 0 saturated carbocycles. The highest BCUT2D eigenvalue weighted by Crippen LogP contribution is 2.37. The highest BCUT2D eigenvalue weighted by Gasteiger charge is 2.21. The van der Waals surface area contributed by atoms with Gasteiger partial charge in [-0.1, -0.05) is 30.7 Å². The summed E-state index contributed by atoms with van der Waals surface area (Å²) in [5.41, 5.74) is 4.55. The maximum absolute atomic E-state index is 12.5. The van der Waals surface area contributed by atoms with Gasteiger partial charge in [-0.15, -0.1) is 0 Å². The van der Waals surface area contributed by atoms with Crippen LogP contribution in [0.5, 0.6) is 5.88 Å². The number of benzene rings is 2. The molecule has 0 saturated heterocycles. The van der Waals surface area contributed by atoms with E-state index in [-0.39, 0.29) is 5.56 Å². The molecule has 4 rings (SSSR count). The Hall–Kier alpha value is -3.67. The number of hydrogen-bond acceptors (Lipinski definition) is 4. The smallest absolute Gasteiger partial charge is 0.335 e. The Balaban J connectivity index is 1.91. The molecular formula is C23H21N3O3. The number of fused-ring (bicyclic) bond motifs is 1. The summed E-state index contributed by atoms with van der Waals surface area (Å²) in [7, 11) is 0. The van der Waals surface area contributed by atoms with E-state index in [9.17, 15) is 14.7 Å². The largest absolute Gasteiger partial charge is 0.494 e. The van der Waals surface area contributed by atoms with Gasteiger partial charge in [0.15, 0.2) is 0 Å². The maximum atomic E-state index is 12.5. The fourth-order valence-corrected chi connectivity index (χ4v) is 3.51. The van der Waals surface area contributed by atoms with E-state index in [0.29, 0.717) is 5.69 Å². The molecule has 0 spiro atoms. The van der Waals surface area contributed by atoms with E-state index < -0.39 is 17.1 Å². The van der Waals surface area contributed by atoms with Crippen molar-refractivity contribution >= 4 is 23.0 Å². The van der Waals surface area contributed by atoms with E-state index in [0.717, 1.165) is 44.7 Å². The molecule has 2 N–H and O–H groups in total. The molecule has 1 aliphatic rings. The van der Waals surface area contributed by atoms with Gasteiger partial charge in [0.05, 0.1) is 11.4 Å². The molecule has 1 aromatic heterocycles. The van der Waals surface area contributed by atoms with Gasteiger partial charge in [0.25, 0.3) is 5.56 Å². The average Bonchev–Trinajstić information content (AvgIpc) is 3.00. The first-order chi connectivity index (χ1) is 13.9. The average molecular weight is 387 g/mol. The predicted octanol–water partition coefficient (Wildman–Crippen LogP) is 3.75. The number of aromatic amines is 1. The summed E-state index contributed by atoms with van der Waals surface area (Å²) in [5.74, 6) is -0.399. The van der Waals surface area contributed by atoms with Crippen molar-refractivity contribution < 1.29 is 5.11 Å². The molecule has 0 atom stereocenters. The van der Waals surface area contributed by atoms with Gasteiger partial charge in [-0.25, -0.2) is 9.36 Å². The molecule has 2 aromatic carbocycles. The van der Waals surface area contributed by atoms with E-state index in [1.165, 1.54) is 0 Å². The van der Waals surface area contributed by atoms with Gasteiger partial charge in [-0.3, -0.25) is 14.8 Å². The number of rotatable bonds is 3. The molecule has 146 valence electrons. The molecule has 2 heterocycles. The van der Waals surface area contributed by atoms with E-state index in [1.54, 1.807) is 18.2 Å². The first kappa shape index (κ1) is 18.7. The van der Waals surface area contributed by atoms with Crippen LogP contribution in [0.25, 0.3) is 17.3 Å². The minimum atomic E-state index is -0.688. The van der Waals surface area contributed by atoms with Gasteiger partial charge in [0.2, 0.25) is 5.88 Å². The van der Waals surface area contributed by atoms with Gasteiger partial charge in [0, 0.05) is 16.8 Å². The third-order valence-corrected chi connectivity index (χ3v) is 5.13. The molecule has 0 bridgehead atoms. The van der Waals surface area contributed by atoms with E-state index in [1.807, 2.05) is 51.1 Å². The Morgan fingerprint density at radius 3 is 2.52 bits per heavy atom. The van der Waals surface area contributed by atoms with Crippen molar-refractivity contribution in [3.63, 3.8) is 0 Å². The Morgan fingerprint density at radius 1 is 1.10 bits per heavy atom. The standard InChI is InChI=1S/C23H21N3O3/c1-4-15-6-8-16(9-7-15)26-22(28)19(21(27)25-23(26)29)12-17-14(3)24-20-10-5-13(2)11-18(17)20/h5-12,28H,4H2,1-3H3,(H,25,27,29). The van der Waals surface area contributed by atoms with Crippen molar-refractivity contribution in [2.45, 2.75) is 27.2 Å². The van der Waals surface area contributed by atoms with Gasteiger partial charge >= 0.3 is 5.69 Å². The molecule has 1 aliphatic heterocycles. The Labute approximate surface area is 167 Å². The van der Waals surface area contributed by atoms with Crippen LogP contribution in [0.3, 0.4) is 0 Å². The maximum Gasteiger partial charge on any atom is 0.335 e. The molecular weight excluding hydrogens is 366 g/mol. The second kappa shape index (κ2) is 7.05. The van der Waals surface area contributed by atoms with E-state index in [2.05, 4.69) is 9.98 Å². The van der Waals surface area contributed by atoms with Crippen LogP contribution in [0.4, 0.5) is 5.69 Å². The topological polar surface area (TPSA) is 87.4 Å². The number of hydrogen-bond donors (Lipinski definition) is 2. The highest BCUT2D eigenvalue weighted by molar-refractivity contribution is 6.31. The number of aryl methyl sites for hydroxylation is 2. The Bertz CT molecular complexity index is 1290. The zero-order valence-corrected chi connectivity index (χ0v) is 16.5. The SMILES string of the molecule is CCc1ccc(-n2c(O)c(C=C3C(C)=Nc4ccc(C)cc43)c(=O)[nH]c2=O)cc1. The number of aliphatic imine (C=N–C) groups is 1. The lowest BCUT2D eigenvalue weighted by Crippen LogP contribution is -2.30. The first-order valence-corrected chi connectivity index (χ1v) is 9.45. The quantitative estimate of drug-likeness (QED) is 0.717. The lowest BCUT2D eigenvalue weighted by atomic mass is 9.99. The zero-order valence-electron chi connectivity index (χ0n) is 16.5. The van der Waals surface area contributed by atoms with Crippen LogP contribution in [-0.2, 0) is 6.42 Å². The molecule has 6 heteroatoms. The van der Waals surface area contributed by atoms with Crippen molar-refractivity contribution in [3.05, 3.63) is 85.6 Å². The lowest BCUT2D eigenvalue weighted by Gasteiger charge is -2.11. The summed E-state index contributed by atoms with van der Waals surface area (Å²) in [4.78, 5) is 31.8. The van der Waals surface area contributed by atoms with E-state index in [4.69, 9.17) is 0 Å². The minimum absolute atomic E-state index is 0.0167. The summed E-state index contributed by atoms with van der Waals surface area (Å²) >= 11 is 0. The predicted molar refractivity (Wildman–Crippen MR) is 116 cm³/mol. The monoisotopic (exact) mass is 387 g/mol. The van der Waals surface area contributed by atoms with Crippen LogP contribution in [0.1, 0.15) is 36.1 Å². The minimum Gasteiger partial charge on any atom is -0.494 e. The van der Waals surface area contributed by atoms with Crippen molar-refractivity contribution in [2.75, 3.05) is 0 Å². The molecule has 0 fully saturated rings. The lowest BCUT2D eigenvalue weighted by molar-refractivity contribution is 0.429. The third kappa shape index (κ3) is 3.23. The summed E-state index contributed by atoms with van der Waals surface area (Å²) in [5, 5.41) is 10.8. The van der Waals surface area contributed by atoms with Crippen molar-refractivity contribution in [3.8, 4) is 11.6 Å². The first-order valence-electron chi connectivity index (χ1n) is 9.45. The third-order valence-electron chi connectivity index (χ3n) is 5.13. The normalized spacial score (nSPS) is 14.2. The second-order valence-corrected chi connectivity index (χ2v) is 7.13. The van der Waals surface area contributed by atoms with E-state index >= 15 is 0 Å². The van der Waals surface area contributed by atoms with Crippen LogP contribution < -0.4 is 11.2 Å². The molecule has 0 amide bonds. The number of aromatic nitrogens is 2. The number of nitrogens with zero attached hydrogens (tertiary/aromatic N) is 2. The molecule has 0 radical (unpaired) electrons. The van der Waals surface area contributed by atoms with Gasteiger partial charge in [-0.05, 0) is 56.2 Å². The molecule has 29 heavy (non-hydrogen) atoms. The number of allylic oxidation sites excluding steroid dienone is 1. The Kier molecular flexibility index (Phi) is 4.54. The highest BCUT2D eigenvalue weighted by atomic mass is 16.3. The fraction of sp³-hybridized carbons (Fsp3) is 0.174. The summed E-state index contributed by atoms with van der Waals surface area (Å²) in [6, 6.07) is 13.2. The van der Waals surface area contributed by atoms with Crippen molar-refractivity contribution in [1.82, 2.24) is 9.55 Å². The van der Waals surface area contributed by atoms with Crippen molar-refractivity contribution in [1.29, 1.82) is 0 Å². The van der Waals surface area contributed by atoms with Gasteiger partial charge in [-0.2, -0.15) is 0 Å². The summed E-state index contributed by atoms with van der Waals surface area (Å²) < 4.78 is 1.10. The van der Waals surface area contributed by atoms with Crippen LogP contribution in [0.2, 0.25) is 0 Å². The number of H-pyrrole nitrogens is 1. The summed E-state index contributed by atoms with van der Waals surface area (Å²) in [6.45, 7) is 5.87. The van der Waals surface area contributed by atoms with Crippen LogP contribution in [0.15, 0.2) is 57.0 Å². The van der Waals surface area contributed by atoms with Gasteiger partial charge in [0.1, 0.15) is 5.56 Å². The molecule has 0 unspecified atom stereocenters. The molecule has 6 nitrogen and oxygen atoms in total. The van der Waals surface area contributed by atoms with Crippen LogP contribution >= 0.6 is 0 Å². The van der Waals surface area contributed by atoms with Gasteiger partial charge < -0.3 is 5.11 Å². The Morgan fingerprint density at radius 2 is 1.83 bits per heavy atom. The fourth-order valence-electron chi connectivity index (χ4n) is 3.51. The second-order valence-electron chi connectivity index (χ2n) is 7.13.